The van der Waals surface area contributed by atoms with Crippen molar-refractivity contribution in [2.75, 3.05) is 13.1 Å². The highest BCUT2D eigenvalue weighted by atomic mass is 32.2. The number of nitrogens with zero attached hydrogens (tertiary/aromatic N) is 1. The lowest BCUT2D eigenvalue weighted by Gasteiger charge is -2.33. The van der Waals surface area contributed by atoms with Crippen molar-refractivity contribution in [3.05, 3.63) is 29.8 Å². The largest absolute Gasteiger partial charge is 0.294 e. The Morgan fingerprint density at radius 1 is 1.37 bits per heavy atom. The number of carbonyl (C=O) groups excluding carboxylic acids is 2. The molecule has 1 N–H and O–H groups in total. The molecule has 4 nitrogen and oxygen atoms in total. The first-order valence-corrected chi connectivity index (χ1v) is 7.34. The van der Waals surface area contributed by atoms with Crippen LogP contribution < -0.4 is 5.32 Å². The molecule has 0 saturated carbocycles. The molecule has 5 heteroatoms. The minimum Gasteiger partial charge on any atom is -0.294 e. The molecule has 2 aliphatic rings. The molecule has 2 atom stereocenters. The number of imide groups is 1. The molecule has 0 aromatic heterocycles. The first-order valence-electron chi connectivity index (χ1n) is 6.46. The van der Waals surface area contributed by atoms with Gasteiger partial charge in [-0.2, -0.15) is 0 Å². The topological polar surface area (TPSA) is 49.4 Å². The number of piperazine rings is 1. The number of fused-ring (bicyclic) bond motifs is 1. The Morgan fingerprint density at radius 3 is 2.95 bits per heavy atom. The Labute approximate surface area is 116 Å². The summed E-state index contributed by atoms with van der Waals surface area (Å²) in [6.45, 7) is 2.95. The zero-order valence-electron chi connectivity index (χ0n) is 10.8. The lowest BCUT2D eigenvalue weighted by Crippen LogP contribution is -2.58. The smallest absolute Gasteiger partial charge is 0.243 e. The fourth-order valence-corrected chi connectivity index (χ4v) is 3.96. The van der Waals surface area contributed by atoms with E-state index in [0.717, 1.165) is 13.0 Å². The highest BCUT2D eigenvalue weighted by Gasteiger charge is 2.33. The average Bonchev–Trinajstić information content (AvgIpc) is 2.77. The number of carbonyl (C=O) groups is 2. The van der Waals surface area contributed by atoms with E-state index in [4.69, 9.17) is 0 Å². The van der Waals surface area contributed by atoms with Gasteiger partial charge in [0.05, 0.1) is 12.6 Å². The zero-order valence-corrected chi connectivity index (χ0v) is 11.6. The van der Waals surface area contributed by atoms with Gasteiger partial charge in [-0.3, -0.25) is 19.8 Å². The third kappa shape index (κ3) is 2.53. The number of nitrogens with one attached hydrogen (secondary N) is 1. The van der Waals surface area contributed by atoms with Crippen LogP contribution in [0.2, 0.25) is 0 Å². The molecule has 0 aliphatic carbocycles. The summed E-state index contributed by atoms with van der Waals surface area (Å²) in [6, 6.07) is 8.18. The first-order chi connectivity index (χ1) is 9.13. The number of hydrogen-bond donors (Lipinski definition) is 1. The van der Waals surface area contributed by atoms with Crippen molar-refractivity contribution < 1.29 is 9.59 Å². The number of rotatable bonds is 2. The van der Waals surface area contributed by atoms with Crippen molar-refractivity contribution in [1.82, 2.24) is 10.2 Å². The molecule has 3 rings (SSSR count). The Bertz CT molecular complexity index is 507. The molecule has 0 bridgehead atoms. The molecule has 2 unspecified atom stereocenters. The summed E-state index contributed by atoms with van der Waals surface area (Å²) in [5.74, 6) is -0.375. The molecular formula is C14H16N2O2S. The molecular weight excluding hydrogens is 260 g/mol. The summed E-state index contributed by atoms with van der Waals surface area (Å²) in [4.78, 5) is 26.4. The van der Waals surface area contributed by atoms with Crippen molar-refractivity contribution in [3.8, 4) is 0 Å². The summed E-state index contributed by atoms with van der Waals surface area (Å²) in [6.07, 6.45) is 1.01. The molecule has 0 spiro atoms. The lowest BCUT2D eigenvalue weighted by molar-refractivity contribution is -0.139. The van der Waals surface area contributed by atoms with E-state index in [2.05, 4.69) is 29.6 Å². The summed E-state index contributed by atoms with van der Waals surface area (Å²) < 4.78 is 0. The van der Waals surface area contributed by atoms with Crippen LogP contribution in [-0.4, -0.2) is 41.1 Å². The van der Waals surface area contributed by atoms with Crippen molar-refractivity contribution in [1.29, 1.82) is 0 Å². The van der Waals surface area contributed by atoms with Crippen LogP contribution in [0.15, 0.2) is 29.2 Å². The highest BCUT2D eigenvalue weighted by Crippen LogP contribution is 2.37. The second-order valence-electron chi connectivity index (χ2n) is 5.07. The Balaban J connectivity index is 1.67. The monoisotopic (exact) mass is 276 g/mol. The Hall–Kier alpha value is -1.33. The number of thioether (sulfide) groups is 1. The first kappa shape index (κ1) is 12.7. The third-order valence-corrected chi connectivity index (χ3v) is 4.99. The maximum Gasteiger partial charge on any atom is 0.243 e. The quantitative estimate of drug-likeness (QED) is 0.820. The van der Waals surface area contributed by atoms with Gasteiger partial charge in [0.15, 0.2) is 0 Å². The van der Waals surface area contributed by atoms with Gasteiger partial charge < -0.3 is 0 Å². The van der Waals surface area contributed by atoms with Crippen LogP contribution >= 0.6 is 11.8 Å². The molecule has 100 valence electrons. The second kappa shape index (κ2) is 4.98. The van der Waals surface area contributed by atoms with Gasteiger partial charge >= 0.3 is 0 Å². The number of benzene rings is 1. The fraction of sp³-hybridized carbons (Fsp3) is 0.429. The van der Waals surface area contributed by atoms with Crippen molar-refractivity contribution in [3.63, 3.8) is 0 Å². The van der Waals surface area contributed by atoms with Gasteiger partial charge in [-0.05, 0) is 25.0 Å². The Morgan fingerprint density at radius 2 is 2.16 bits per heavy atom. The second-order valence-corrected chi connectivity index (χ2v) is 6.41. The van der Waals surface area contributed by atoms with Gasteiger partial charge in [-0.25, -0.2) is 0 Å². The van der Waals surface area contributed by atoms with E-state index in [1.807, 2.05) is 23.6 Å². The molecule has 1 aromatic carbocycles. The molecule has 2 aliphatic heterocycles. The van der Waals surface area contributed by atoms with Gasteiger partial charge in [-0.1, -0.05) is 18.2 Å². The summed E-state index contributed by atoms with van der Waals surface area (Å²) in [5.41, 5.74) is 1.37. The summed E-state index contributed by atoms with van der Waals surface area (Å²) in [7, 11) is 0. The van der Waals surface area contributed by atoms with E-state index >= 15 is 0 Å². The predicted molar refractivity (Wildman–Crippen MR) is 74.0 cm³/mol. The van der Waals surface area contributed by atoms with Gasteiger partial charge in [-0.15, -0.1) is 11.8 Å². The number of amides is 2. The van der Waals surface area contributed by atoms with Crippen LogP contribution in [-0.2, 0) is 16.0 Å². The third-order valence-electron chi connectivity index (χ3n) is 3.69. The van der Waals surface area contributed by atoms with Crippen LogP contribution in [0.25, 0.3) is 0 Å². The van der Waals surface area contributed by atoms with Crippen molar-refractivity contribution in [2.45, 2.75) is 29.5 Å². The standard InChI is InChI=1S/C14H16N2O2S/c1-9-14(18)15-13(17)8-16(9)7-11-6-10-4-2-3-5-12(10)19-11/h2-5,9,11H,6-8H2,1H3,(H,15,17,18). The molecule has 2 amide bonds. The molecule has 1 saturated heterocycles. The highest BCUT2D eigenvalue weighted by molar-refractivity contribution is 8.00. The normalized spacial score (nSPS) is 27.2. The van der Waals surface area contributed by atoms with Crippen LogP contribution in [0.5, 0.6) is 0 Å². The molecule has 19 heavy (non-hydrogen) atoms. The average molecular weight is 276 g/mol. The van der Waals surface area contributed by atoms with E-state index in [1.54, 1.807) is 0 Å². The Kier molecular flexibility index (Phi) is 3.33. The zero-order chi connectivity index (χ0) is 13.4. The van der Waals surface area contributed by atoms with Crippen LogP contribution in [0.3, 0.4) is 0 Å². The lowest BCUT2D eigenvalue weighted by atomic mass is 10.1. The predicted octanol–water partition coefficient (Wildman–Crippen LogP) is 1.05. The molecule has 0 radical (unpaired) electrons. The summed E-state index contributed by atoms with van der Waals surface area (Å²) >= 11 is 1.85. The van der Waals surface area contributed by atoms with Gasteiger partial charge in [0.2, 0.25) is 11.8 Å². The van der Waals surface area contributed by atoms with E-state index in [1.165, 1.54) is 10.5 Å². The van der Waals surface area contributed by atoms with E-state index in [0.29, 0.717) is 11.8 Å². The molecule has 1 aromatic rings. The maximum atomic E-state index is 11.6. The van der Waals surface area contributed by atoms with Gasteiger partial charge in [0, 0.05) is 16.7 Å². The van der Waals surface area contributed by atoms with Crippen molar-refractivity contribution in [2.24, 2.45) is 0 Å². The maximum absolute atomic E-state index is 11.6. The van der Waals surface area contributed by atoms with Crippen LogP contribution in [0.4, 0.5) is 0 Å². The SMILES string of the molecule is CC1C(=O)NC(=O)CN1CC1Cc2ccccc2S1. The van der Waals surface area contributed by atoms with Gasteiger partial charge in [0.25, 0.3) is 0 Å². The molecule has 1 fully saturated rings. The fourth-order valence-electron chi connectivity index (χ4n) is 2.61. The van der Waals surface area contributed by atoms with Crippen LogP contribution in [0.1, 0.15) is 12.5 Å². The van der Waals surface area contributed by atoms with Gasteiger partial charge in [0.1, 0.15) is 0 Å². The van der Waals surface area contributed by atoms with Crippen LogP contribution in [0, 0.1) is 0 Å². The van der Waals surface area contributed by atoms with E-state index < -0.39 is 0 Å². The minimum absolute atomic E-state index is 0.184. The van der Waals surface area contributed by atoms with E-state index in [9.17, 15) is 9.59 Å². The van der Waals surface area contributed by atoms with Crippen molar-refractivity contribution >= 4 is 23.6 Å². The number of hydrogen-bond acceptors (Lipinski definition) is 4. The molecule has 2 heterocycles. The minimum atomic E-state index is -0.220. The van der Waals surface area contributed by atoms with E-state index in [-0.39, 0.29) is 17.9 Å². The summed E-state index contributed by atoms with van der Waals surface area (Å²) in [5, 5.41) is 2.80.